The summed E-state index contributed by atoms with van der Waals surface area (Å²) in [6, 6.07) is 8.18. The second-order valence-corrected chi connectivity index (χ2v) is 5.92. The van der Waals surface area contributed by atoms with Gasteiger partial charge in [0.15, 0.2) is 0 Å². The van der Waals surface area contributed by atoms with Crippen LogP contribution in [0.25, 0.3) is 0 Å². The Balaban J connectivity index is 0.00000264. The van der Waals surface area contributed by atoms with Gasteiger partial charge in [0.05, 0.1) is 12.5 Å². The van der Waals surface area contributed by atoms with E-state index in [2.05, 4.69) is 24.4 Å². The summed E-state index contributed by atoms with van der Waals surface area (Å²) < 4.78 is 0. The van der Waals surface area contributed by atoms with Crippen molar-refractivity contribution in [3.63, 3.8) is 0 Å². The predicted octanol–water partition coefficient (Wildman–Crippen LogP) is 1.87. The van der Waals surface area contributed by atoms with Crippen molar-refractivity contribution >= 4 is 24.3 Å². The number of amides is 1. The van der Waals surface area contributed by atoms with Crippen LogP contribution >= 0.6 is 12.4 Å². The molecule has 0 radical (unpaired) electrons. The molecule has 1 aliphatic heterocycles. The summed E-state index contributed by atoms with van der Waals surface area (Å²) in [5.74, 6) is -0.954. The largest absolute Gasteiger partial charge is 0.481 e. The van der Waals surface area contributed by atoms with Crippen molar-refractivity contribution in [1.82, 2.24) is 10.2 Å². The zero-order valence-electron chi connectivity index (χ0n) is 13.5. The molecule has 0 saturated carbocycles. The van der Waals surface area contributed by atoms with Gasteiger partial charge >= 0.3 is 5.97 Å². The summed E-state index contributed by atoms with van der Waals surface area (Å²) in [6.45, 7) is 4.43. The van der Waals surface area contributed by atoms with Crippen LogP contribution in [0, 0.1) is 12.8 Å². The van der Waals surface area contributed by atoms with Crippen molar-refractivity contribution in [2.24, 2.45) is 5.92 Å². The quantitative estimate of drug-likeness (QED) is 0.829. The fourth-order valence-electron chi connectivity index (χ4n) is 2.82. The number of carbonyl (C=O) groups excluding carboxylic acids is 1. The fourth-order valence-corrected chi connectivity index (χ4v) is 2.82. The number of carboxylic acids is 1. The van der Waals surface area contributed by atoms with Gasteiger partial charge in [-0.05, 0) is 50.4 Å². The normalized spacial score (nSPS) is 15.7. The minimum atomic E-state index is -0.720. The highest BCUT2D eigenvalue weighted by atomic mass is 35.5. The molecule has 1 aromatic carbocycles. The Kier molecular flexibility index (Phi) is 8.06. The Bertz CT molecular complexity index is 528. The lowest BCUT2D eigenvalue weighted by Crippen LogP contribution is -2.43. The highest BCUT2D eigenvalue weighted by Gasteiger charge is 2.25. The monoisotopic (exact) mass is 340 g/mol. The molecule has 2 N–H and O–H groups in total. The molecule has 128 valence electrons. The van der Waals surface area contributed by atoms with Gasteiger partial charge in [-0.2, -0.15) is 0 Å². The number of aryl methyl sites for hydroxylation is 1. The lowest BCUT2D eigenvalue weighted by atomic mass is 9.97. The van der Waals surface area contributed by atoms with Crippen LogP contribution < -0.4 is 5.32 Å². The summed E-state index contributed by atoms with van der Waals surface area (Å²) in [7, 11) is 0. The number of rotatable bonds is 6. The zero-order valence-corrected chi connectivity index (χ0v) is 14.3. The van der Waals surface area contributed by atoms with Crippen molar-refractivity contribution in [2.45, 2.75) is 26.2 Å². The van der Waals surface area contributed by atoms with Crippen molar-refractivity contribution < 1.29 is 14.7 Å². The van der Waals surface area contributed by atoms with Gasteiger partial charge in [-0.3, -0.25) is 14.5 Å². The topological polar surface area (TPSA) is 69.6 Å². The summed E-state index contributed by atoms with van der Waals surface area (Å²) in [4.78, 5) is 24.9. The van der Waals surface area contributed by atoms with E-state index < -0.39 is 5.97 Å². The van der Waals surface area contributed by atoms with E-state index >= 15 is 0 Å². The van der Waals surface area contributed by atoms with Crippen LogP contribution in [0.2, 0.25) is 0 Å². The number of hydrogen-bond acceptors (Lipinski definition) is 3. The number of likely N-dealkylation sites (tertiary alicyclic amines) is 1. The number of carboxylic acid groups (broad SMARTS) is 1. The second-order valence-electron chi connectivity index (χ2n) is 5.92. The molecule has 1 saturated heterocycles. The van der Waals surface area contributed by atoms with Crippen molar-refractivity contribution in [2.75, 3.05) is 26.2 Å². The van der Waals surface area contributed by atoms with Crippen molar-refractivity contribution in [1.29, 1.82) is 0 Å². The molecule has 0 spiro atoms. The zero-order chi connectivity index (χ0) is 15.9. The van der Waals surface area contributed by atoms with Crippen LogP contribution in [0.5, 0.6) is 0 Å². The first-order chi connectivity index (χ1) is 10.6. The van der Waals surface area contributed by atoms with Gasteiger partial charge in [0.2, 0.25) is 5.91 Å². The molecule has 0 unspecified atom stereocenters. The average Bonchev–Trinajstić information content (AvgIpc) is 2.50. The highest BCUT2D eigenvalue weighted by molar-refractivity contribution is 5.85. The maximum Gasteiger partial charge on any atom is 0.306 e. The lowest BCUT2D eigenvalue weighted by molar-refractivity contribution is -0.143. The molecular weight excluding hydrogens is 316 g/mol. The van der Waals surface area contributed by atoms with Crippen LogP contribution in [0.4, 0.5) is 0 Å². The number of nitrogens with one attached hydrogen (secondary N) is 1. The van der Waals surface area contributed by atoms with Gasteiger partial charge in [0.25, 0.3) is 0 Å². The number of carbonyl (C=O) groups is 2. The maximum atomic E-state index is 11.9. The van der Waals surface area contributed by atoms with Gasteiger partial charge in [-0.1, -0.05) is 24.3 Å². The number of halogens is 1. The Labute approximate surface area is 143 Å². The third kappa shape index (κ3) is 6.20. The van der Waals surface area contributed by atoms with Crippen LogP contribution in [-0.4, -0.2) is 48.1 Å². The van der Waals surface area contributed by atoms with E-state index in [1.165, 1.54) is 11.1 Å². The van der Waals surface area contributed by atoms with E-state index in [1.54, 1.807) is 0 Å². The van der Waals surface area contributed by atoms with Gasteiger partial charge in [0, 0.05) is 6.54 Å². The number of nitrogens with zero attached hydrogens (tertiary/aromatic N) is 1. The molecule has 1 aromatic rings. The highest BCUT2D eigenvalue weighted by Crippen LogP contribution is 2.16. The molecule has 0 atom stereocenters. The number of piperidine rings is 1. The van der Waals surface area contributed by atoms with Gasteiger partial charge in [0.1, 0.15) is 0 Å². The van der Waals surface area contributed by atoms with E-state index in [9.17, 15) is 9.59 Å². The minimum absolute atomic E-state index is 0. The van der Waals surface area contributed by atoms with Crippen molar-refractivity contribution in [3.8, 4) is 0 Å². The first-order valence-electron chi connectivity index (χ1n) is 7.82. The second kappa shape index (κ2) is 9.53. The number of benzene rings is 1. The van der Waals surface area contributed by atoms with Crippen LogP contribution in [-0.2, 0) is 16.0 Å². The van der Waals surface area contributed by atoms with Crippen LogP contribution in [0.15, 0.2) is 24.3 Å². The fraction of sp³-hybridized carbons (Fsp3) is 0.529. The predicted molar refractivity (Wildman–Crippen MR) is 91.9 cm³/mol. The van der Waals surface area contributed by atoms with Crippen LogP contribution in [0.1, 0.15) is 24.0 Å². The smallest absolute Gasteiger partial charge is 0.306 e. The minimum Gasteiger partial charge on any atom is -0.481 e. The lowest BCUT2D eigenvalue weighted by Gasteiger charge is -2.29. The molecule has 5 nitrogen and oxygen atoms in total. The third-order valence-electron chi connectivity index (χ3n) is 4.28. The van der Waals surface area contributed by atoms with E-state index in [0.717, 1.165) is 6.42 Å². The molecule has 1 aliphatic rings. The Hall–Kier alpha value is -1.59. The first-order valence-corrected chi connectivity index (χ1v) is 7.82. The number of aliphatic carboxylic acids is 1. The average molecular weight is 341 g/mol. The van der Waals surface area contributed by atoms with E-state index in [-0.39, 0.29) is 24.2 Å². The van der Waals surface area contributed by atoms with E-state index in [4.69, 9.17) is 5.11 Å². The standard InChI is InChI=1S/C17H24N2O3.ClH/c1-13-4-2-3-5-14(13)6-9-18-16(20)12-19-10-7-15(8-11-19)17(21)22;/h2-5,15H,6-12H2,1H3,(H,18,20)(H,21,22);1H. The van der Waals surface area contributed by atoms with E-state index in [1.807, 2.05) is 17.0 Å². The third-order valence-corrected chi connectivity index (χ3v) is 4.28. The molecule has 6 heteroatoms. The molecule has 1 amide bonds. The molecule has 23 heavy (non-hydrogen) atoms. The van der Waals surface area contributed by atoms with Gasteiger partial charge in [-0.15, -0.1) is 12.4 Å². The van der Waals surface area contributed by atoms with Gasteiger partial charge in [-0.25, -0.2) is 0 Å². The summed E-state index contributed by atoms with van der Waals surface area (Å²) >= 11 is 0. The molecule has 0 bridgehead atoms. The van der Waals surface area contributed by atoms with Crippen LogP contribution in [0.3, 0.4) is 0 Å². The summed E-state index contributed by atoms with van der Waals surface area (Å²) in [5.41, 5.74) is 2.50. The Morgan fingerprint density at radius 3 is 2.52 bits per heavy atom. The summed E-state index contributed by atoms with van der Waals surface area (Å²) in [5, 5.41) is 11.9. The van der Waals surface area contributed by atoms with Crippen molar-refractivity contribution in [3.05, 3.63) is 35.4 Å². The first kappa shape index (κ1) is 19.5. The van der Waals surface area contributed by atoms with Gasteiger partial charge < -0.3 is 10.4 Å². The molecule has 1 fully saturated rings. The van der Waals surface area contributed by atoms with E-state index in [0.29, 0.717) is 39.0 Å². The molecule has 0 aliphatic carbocycles. The Morgan fingerprint density at radius 1 is 1.26 bits per heavy atom. The molecular formula is C17H25ClN2O3. The maximum absolute atomic E-state index is 11.9. The summed E-state index contributed by atoms with van der Waals surface area (Å²) in [6.07, 6.45) is 2.09. The molecule has 2 rings (SSSR count). The number of hydrogen-bond donors (Lipinski definition) is 2. The molecule has 1 heterocycles. The Morgan fingerprint density at radius 2 is 1.91 bits per heavy atom. The SMILES string of the molecule is Cc1ccccc1CCNC(=O)CN1CCC(C(=O)O)CC1.Cl. The molecule has 0 aromatic heterocycles.